The lowest BCUT2D eigenvalue weighted by molar-refractivity contribution is -0.120. The van der Waals surface area contributed by atoms with Crippen molar-refractivity contribution in [3.8, 4) is 11.8 Å². The molecule has 0 heterocycles. The van der Waals surface area contributed by atoms with E-state index in [1.165, 1.54) is 0 Å². The molecule has 0 radical (unpaired) electrons. The maximum absolute atomic E-state index is 11.5. The van der Waals surface area contributed by atoms with Crippen LogP contribution < -0.4 is 11.1 Å². The quantitative estimate of drug-likeness (QED) is 0.787. The minimum atomic E-state index is -0.166. The van der Waals surface area contributed by atoms with Gasteiger partial charge in [0.1, 0.15) is 6.61 Å². The van der Waals surface area contributed by atoms with E-state index in [1.807, 2.05) is 32.0 Å². The third-order valence-corrected chi connectivity index (χ3v) is 2.13. The molecule has 0 bridgehead atoms. The van der Waals surface area contributed by atoms with Gasteiger partial charge in [-0.2, -0.15) is 0 Å². The van der Waals surface area contributed by atoms with Gasteiger partial charge in [-0.1, -0.05) is 11.8 Å². The monoisotopic (exact) mass is 246 g/mol. The Morgan fingerprint density at radius 3 is 2.89 bits per heavy atom. The summed E-state index contributed by atoms with van der Waals surface area (Å²) in [5.74, 6) is 5.56. The standard InChI is InChI=1S/C14H18N2O2/c1-3-18-10-14(17)16-13-8-11(2)7-12(9-13)5-4-6-15/h7-9H,3,6,10,15H2,1-2H3,(H,16,17). The molecule has 0 aromatic heterocycles. The van der Waals surface area contributed by atoms with Crippen molar-refractivity contribution in [2.75, 3.05) is 25.1 Å². The largest absolute Gasteiger partial charge is 0.372 e. The summed E-state index contributed by atoms with van der Waals surface area (Å²) in [4.78, 5) is 11.5. The average molecular weight is 246 g/mol. The molecule has 0 aliphatic heterocycles. The molecule has 0 aliphatic carbocycles. The Balaban J connectivity index is 2.76. The molecule has 1 rings (SSSR count). The third-order valence-electron chi connectivity index (χ3n) is 2.13. The Morgan fingerprint density at radius 1 is 1.44 bits per heavy atom. The van der Waals surface area contributed by atoms with Crippen molar-refractivity contribution >= 4 is 11.6 Å². The number of benzene rings is 1. The first-order chi connectivity index (χ1) is 8.65. The fraction of sp³-hybridized carbons (Fsp3) is 0.357. The van der Waals surface area contributed by atoms with E-state index < -0.39 is 0 Å². The number of amides is 1. The van der Waals surface area contributed by atoms with Crippen LogP contribution in [0.4, 0.5) is 5.69 Å². The number of nitrogens with one attached hydrogen (secondary N) is 1. The molecule has 96 valence electrons. The molecule has 1 aromatic rings. The second kappa shape index (κ2) is 7.49. The Bertz CT molecular complexity index is 472. The Morgan fingerprint density at radius 2 is 2.22 bits per heavy atom. The van der Waals surface area contributed by atoms with Crippen LogP contribution in [0.1, 0.15) is 18.1 Å². The van der Waals surface area contributed by atoms with Crippen molar-refractivity contribution < 1.29 is 9.53 Å². The topological polar surface area (TPSA) is 64.3 Å². The van der Waals surface area contributed by atoms with Gasteiger partial charge in [-0.25, -0.2) is 0 Å². The molecule has 0 saturated heterocycles. The van der Waals surface area contributed by atoms with E-state index in [4.69, 9.17) is 10.5 Å². The molecule has 0 fully saturated rings. The predicted octanol–water partition coefficient (Wildman–Crippen LogP) is 1.28. The zero-order valence-electron chi connectivity index (χ0n) is 10.7. The molecule has 1 amide bonds. The summed E-state index contributed by atoms with van der Waals surface area (Å²) >= 11 is 0. The molecule has 4 nitrogen and oxygen atoms in total. The number of hydrogen-bond donors (Lipinski definition) is 2. The van der Waals surface area contributed by atoms with Gasteiger partial charge in [0.2, 0.25) is 5.91 Å². The van der Waals surface area contributed by atoms with Crippen molar-refractivity contribution in [2.45, 2.75) is 13.8 Å². The minimum absolute atomic E-state index is 0.0637. The molecular formula is C14H18N2O2. The molecule has 1 aromatic carbocycles. The average Bonchev–Trinajstić information content (AvgIpc) is 2.33. The van der Waals surface area contributed by atoms with Gasteiger partial charge < -0.3 is 15.8 Å². The minimum Gasteiger partial charge on any atom is -0.372 e. The van der Waals surface area contributed by atoms with Crippen molar-refractivity contribution in [3.63, 3.8) is 0 Å². The second-order valence-electron chi connectivity index (χ2n) is 3.78. The summed E-state index contributed by atoms with van der Waals surface area (Å²) in [7, 11) is 0. The van der Waals surface area contributed by atoms with E-state index in [1.54, 1.807) is 0 Å². The van der Waals surface area contributed by atoms with Crippen molar-refractivity contribution in [2.24, 2.45) is 5.73 Å². The molecule has 0 saturated carbocycles. The molecule has 18 heavy (non-hydrogen) atoms. The number of anilines is 1. The first kappa shape index (κ1) is 14.2. The van der Waals surface area contributed by atoms with Gasteiger partial charge in [-0.05, 0) is 37.6 Å². The maximum Gasteiger partial charge on any atom is 0.250 e. The van der Waals surface area contributed by atoms with Crippen LogP contribution in [-0.2, 0) is 9.53 Å². The number of carbonyl (C=O) groups excluding carboxylic acids is 1. The van der Waals surface area contributed by atoms with Crippen molar-refractivity contribution in [1.82, 2.24) is 0 Å². The Hall–Kier alpha value is -1.83. The summed E-state index contributed by atoms with van der Waals surface area (Å²) in [5, 5.41) is 2.77. The van der Waals surface area contributed by atoms with Crippen LogP contribution >= 0.6 is 0 Å². The van der Waals surface area contributed by atoms with E-state index in [0.717, 1.165) is 16.8 Å². The lowest BCUT2D eigenvalue weighted by Crippen LogP contribution is -2.18. The van der Waals surface area contributed by atoms with Gasteiger partial charge in [0.25, 0.3) is 0 Å². The van der Waals surface area contributed by atoms with Crippen LogP contribution in [0, 0.1) is 18.8 Å². The number of ether oxygens (including phenoxy) is 1. The van der Waals surface area contributed by atoms with Gasteiger partial charge >= 0.3 is 0 Å². The third kappa shape index (κ3) is 5.00. The highest BCUT2D eigenvalue weighted by molar-refractivity contribution is 5.92. The van der Waals surface area contributed by atoms with Crippen LogP contribution in [0.2, 0.25) is 0 Å². The first-order valence-corrected chi connectivity index (χ1v) is 5.84. The second-order valence-corrected chi connectivity index (χ2v) is 3.78. The number of hydrogen-bond acceptors (Lipinski definition) is 3. The zero-order chi connectivity index (χ0) is 13.4. The molecule has 0 unspecified atom stereocenters. The first-order valence-electron chi connectivity index (χ1n) is 5.84. The van der Waals surface area contributed by atoms with Gasteiger partial charge in [0.05, 0.1) is 6.54 Å². The Labute approximate surface area is 108 Å². The van der Waals surface area contributed by atoms with E-state index in [0.29, 0.717) is 13.2 Å². The molecule has 4 heteroatoms. The van der Waals surface area contributed by atoms with Crippen molar-refractivity contribution in [1.29, 1.82) is 0 Å². The van der Waals surface area contributed by atoms with Gasteiger partial charge in [-0.3, -0.25) is 4.79 Å². The normalized spacial score (nSPS) is 9.50. The predicted molar refractivity (Wildman–Crippen MR) is 72.2 cm³/mol. The summed E-state index contributed by atoms with van der Waals surface area (Å²) < 4.78 is 5.04. The van der Waals surface area contributed by atoms with Gasteiger partial charge in [-0.15, -0.1) is 0 Å². The highest BCUT2D eigenvalue weighted by Crippen LogP contribution is 2.13. The number of aryl methyl sites for hydroxylation is 1. The van der Waals surface area contributed by atoms with E-state index >= 15 is 0 Å². The van der Waals surface area contributed by atoms with Crippen LogP contribution in [0.25, 0.3) is 0 Å². The SMILES string of the molecule is CCOCC(=O)Nc1cc(C)cc(C#CCN)c1. The lowest BCUT2D eigenvalue weighted by Gasteiger charge is -2.07. The summed E-state index contributed by atoms with van der Waals surface area (Å²) in [5.41, 5.74) is 7.92. The zero-order valence-corrected chi connectivity index (χ0v) is 10.7. The van der Waals surface area contributed by atoms with E-state index in [-0.39, 0.29) is 12.5 Å². The van der Waals surface area contributed by atoms with Gasteiger partial charge in [0, 0.05) is 17.9 Å². The van der Waals surface area contributed by atoms with Crippen LogP contribution in [0.3, 0.4) is 0 Å². The van der Waals surface area contributed by atoms with E-state index in [9.17, 15) is 4.79 Å². The molecule has 0 aliphatic rings. The number of nitrogens with two attached hydrogens (primary N) is 1. The summed E-state index contributed by atoms with van der Waals surface area (Å²) in [6, 6.07) is 5.65. The highest BCUT2D eigenvalue weighted by atomic mass is 16.5. The van der Waals surface area contributed by atoms with Crippen LogP contribution in [-0.4, -0.2) is 25.7 Å². The smallest absolute Gasteiger partial charge is 0.250 e. The molecule has 3 N–H and O–H groups in total. The highest BCUT2D eigenvalue weighted by Gasteiger charge is 2.03. The number of carbonyl (C=O) groups is 1. The van der Waals surface area contributed by atoms with E-state index in [2.05, 4.69) is 17.2 Å². The number of rotatable bonds is 4. The summed E-state index contributed by atoms with van der Waals surface area (Å²) in [6.07, 6.45) is 0. The molecule has 0 spiro atoms. The van der Waals surface area contributed by atoms with Crippen LogP contribution in [0.5, 0.6) is 0 Å². The lowest BCUT2D eigenvalue weighted by atomic mass is 10.1. The van der Waals surface area contributed by atoms with Crippen LogP contribution in [0.15, 0.2) is 18.2 Å². The van der Waals surface area contributed by atoms with Crippen molar-refractivity contribution in [3.05, 3.63) is 29.3 Å². The molecular weight excluding hydrogens is 228 g/mol. The molecule has 0 atom stereocenters. The fourth-order valence-corrected chi connectivity index (χ4v) is 1.47. The summed E-state index contributed by atoms with van der Waals surface area (Å²) in [6.45, 7) is 4.70. The maximum atomic E-state index is 11.5. The Kier molecular flexibility index (Phi) is 5.92. The van der Waals surface area contributed by atoms with Gasteiger partial charge in [0.15, 0.2) is 0 Å². The fourth-order valence-electron chi connectivity index (χ4n) is 1.47.